The molecule has 33 heavy (non-hydrogen) atoms. The highest BCUT2D eigenvalue weighted by atomic mass is 35.5. The van der Waals surface area contributed by atoms with Gasteiger partial charge in [0.25, 0.3) is 5.56 Å². The normalized spacial score (nSPS) is 11.0. The molecule has 0 fully saturated rings. The Morgan fingerprint density at radius 3 is 2.61 bits per heavy atom. The van der Waals surface area contributed by atoms with Crippen molar-refractivity contribution in [1.29, 1.82) is 0 Å². The second kappa shape index (κ2) is 9.17. The van der Waals surface area contributed by atoms with E-state index in [9.17, 15) is 19.8 Å². The number of carbonyl (C=O) groups is 1. The first-order chi connectivity index (χ1) is 15.8. The lowest BCUT2D eigenvalue weighted by Crippen LogP contribution is -2.23. The number of rotatable bonds is 6. The smallest absolute Gasteiger partial charge is 0.266 e. The minimum Gasteiger partial charge on any atom is -0.504 e. The molecule has 0 bridgehead atoms. The zero-order valence-corrected chi connectivity index (χ0v) is 19.3. The minimum absolute atomic E-state index is 0.0517. The van der Waals surface area contributed by atoms with E-state index in [-0.39, 0.29) is 34.2 Å². The summed E-state index contributed by atoms with van der Waals surface area (Å²) in [6.07, 6.45) is 0. The van der Waals surface area contributed by atoms with Gasteiger partial charge in [-0.1, -0.05) is 35.5 Å². The molecule has 0 atom stereocenters. The summed E-state index contributed by atoms with van der Waals surface area (Å²) in [4.78, 5) is 30.8. The molecule has 0 saturated carbocycles. The molecule has 4 aromatic rings. The average molecular weight is 483 g/mol. The van der Waals surface area contributed by atoms with Crippen LogP contribution in [0.5, 0.6) is 17.2 Å². The fraction of sp³-hybridized carbons (Fsp3) is 0.125. The fourth-order valence-electron chi connectivity index (χ4n) is 3.32. The van der Waals surface area contributed by atoms with E-state index < -0.39 is 0 Å². The topological polar surface area (TPSA) is 102 Å². The maximum atomic E-state index is 13.5. The Balaban J connectivity index is 1.83. The van der Waals surface area contributed by atoms with Gasteiger partial charge in [-0.15, -0.1) is 0 Å². The number of aromatic nitrogens is 2. The number of hydrogen-bond donors (Lipinski definition) is 2. The predicted octanol–water partition coefficient (Wildman–Crippen LogP) is 4.74. The van der Waals surface area contributed by atoms with Crippen LogP contribution >= 0.6 is 23.4 Å². The van der Waals surface area contributed by atoms with Crippen LogP contribution in [0.25, 0.3) is 16.6 Å². The summed E-state index contributed by atoms with van der Waals surface area (Å²) in [5.41, 5.74) is 1.63. The molecular weight excluding hydrogens is 464 g/mol. The van der Waals surface area contributed by atoms with Gasteiger partial charge in [0.15, 0.2) is 22.4 Å². The van der Waals surface area contributed by atoms with Crippen LogP contribution in [0.4, 0.5) is 0 Å². The summed E-state index contributed by atoms with van der Waals surface area (Å²) in [5.74, 6) is -0.656. The van der Waals surface area contributed by atoms with Crippen molar-refractivity contribution < 1.29 is 19.7 Å². The van der Waals surface area contributed by atoms with Gasteiger partial charge in [0, 0.05) is 16.7 Å². The van der Waals surface area contributed by atoms with Gasteiger partial charge in [0.05, 0.1) is 29.5 Å². The van der Waals surface area contributed by atoms with E-state index in [2.05, 4.69) is 4.98 Å². The zero-order chi connectivity index (χ0) is 23.7. The molecule has 9 heteroatoms. The van der Waals surface area contributed by atoms with Gasteiger partial charge in [-0.05, 0) is 48.9 Å². The monoisotopic (exact) mass is 482 g/mol. The Bertz CT molecular complexity index is 1450. The Hall–Kier alpha value is -3.49. The summed E-state index contributed by atoms with van der Waals surface area (Å²) in [6.45, 7) is 1.82. The van der Waals surface area contributed by atoms with E-state index in [4.69, 9.17) is 16.3 Å². The number of phenols is 2. The second-order valence-electron chi connectivity index (χ2n) is 7.24. The van der Waals surface area contributed by atoms with E-state index in [1.807, 2.05) is 6.92 Å². The highest BCUT2D eigenvalue weighted by molar-refractivity contribution is 7.99. The van der Waals surface area contributed by atoms with Crippen molar-refractivity contribution in [1.82, 2.24) is 9.55 Å². The number of aromatic hydroxyl groups is 2. The number of carbonyl (C=O) groups excluding carboxylic acids is 1. The van der Waals surface area contributed by atoms with Crippen molar-refractivity contribution in [3.05, 3.63) is 81.1 Å². The summed E-state index contributed by atoms with van der Waals surface area (Å²) >= 11 is 7.33. The highest BCUT2D eigenvalue weighted by Gasteiger charge is 2.19. The molecule has 0 radical (unpaired) electrons. The number of fused-ring (bicyclic) bond motifs is 1. The van der Waals surface area contributed by atoms with E-state index >= 15 is 0 Å². The fourth-order valence-corrected chi connectivity index (χ4v) is 4.37. The van der Waals surface area contributed by atoms with Gasteiger partial charge < -0.3 is 14.9 Å². The van der Waals surface area contributed by atoms with Crippen LogP contribution in [0, 0.1) is 6.92 Å². The first-order valence-electron chi connectivity index (χ1n) is 9.84. The average Bonchev–Trinajstić information content (AvgIpc) is 2.81. The first-order valence-corrected chi connectivity index (χ1v) is 11.2. The lowest BCUT2D eigenvalue weighted by Gasteiger charge is -2.17. The van der Waals surface area contributed by atoms with Crippen molar-refractivity contribution in [2.45, 2.75) is 12.1 Å². The van der Waals surface area contributed by atoms with Gasteiger partial charge in [-0.25, -0.2) is 4.98 Å². The predicted molar refractivity (Wildman–Crippen MR) is 128 cm³/mol. The van der Waals surface area contributed by atoms with Crippen LogP contribution < -0.4 is 10.3 Å². The number of nitrogens with zero attached hydrogens (tertiary/aromatic N) is 2. The Morgan fingerprint density at radius 2 is 1.88 bits per heavy atom. The maximum Gasteiger partial charge on any atom is 0.266 e. The molecule has 168 valence electrons. The van der Waals surface area contributed by atoms with E-state index in [0.717, 1.165) is 17.3 Å². The van der Waals surface area contributed by atoms with Crippen molar-refractivity contribution in [2.24, 2.45) is 0 Å². The number of Topliss-reactive ketones (excluding diaryl/α,β-unsaturated/α-hetero) is 1. The summed E-state index contributed by atoms with van der Waals surface area (Å²) < 4.78 is 6.89. The van der Waals surface area contributed by atoms with Crippen LogP contribution in [-0.4, -0.2) is 38.4 Å². The van der Waals surface area contributed by atoms with Crippen molar-refractivity contribution >= 4 is 40.0 Å². The van der Waals surface area contributed by atoms with Crippen LogP contribution in [0.3, 0.4) is 0 Å². The number of hydrogen-bond acceptors (Lipinski definition) is 7. The lowest BCUT2D eigenvalue weighted by molar-refractivity contribution is 0.102. The molecule has 0 amide bonds. The summed E-state index contributed by atoms with van der Waals surface area (Å²) in [6, 6.07) is 14.2. The molecular formula is C24H19ClN2O5S. The first kappa shape index (κ1) is 22.7. The molecule has 0 spiro atoms. The molecule has 0 unspecified atom stereocenters. The number of benzene rings is 3. The standard InChI is InChI=1S/C24H19ClN2O5S/c1-13-9-18(22(32-2)11-16(13)25)27-23(31)15-5-3-4-6-17(15)26-24(27)33-12-21(30)14-7-8-19(28)20(29)10-14/h3-11,28-29H,12H2,1-2H3. The highest BCUT2D eigenvalue weighted by Crippen LogP contribution is 2.32. The zero-order valence-electron chi connectivity index (χ0n) is 17.7. The molecule has 7 nitrogen and oxygen atoms in total. The minimum atomic E-state index is -0.382. The number of ketones is 1. The Morgan fingerprint density at radius 1 is 1.12 bits per heavy atom. The lowest BCUT2D eigenvalue weighted by atomic mass is 10.1. The van der Waals surface area contributed by atoms with Gasteiger partial charge in [0.2, 0.25) is 0 Å². The molecule has 3 aromatic carbocycles. The Labute approximate surface area is 198 Å². The van der Waals surface area contributed by atoms with Crippen LogP contribution in [0.1, 0.15) is 15.9 Å². The molecule has 0 aliphatic carbocycles. The van der Waals surface area contributed by atoms with Crippen LogP contribution in [0.15, 0.2) is 64.5 Å². The molecule has 1 heterocycles. The number of methoxy groups -OCH3 is 1. The van der Waals surface area contributed by atoms with E-state index in [1.165, 1.54) is 29.9 Å². The van der Waals surface area contributed by atoms with Crippen molar-refractivity contribution in [3.63, 3.8) is 0 Å². The van der Waals surface area contributed by atoms with Gasteiger partial charge in [0.1, 0.15) is 5.75 Å². The molecule has 2 N–H and O–H groups in total. The molecule has 0 aliphatic heterocycles. The second-order valence-corrected chi connectivity index (χ2v) is 8.59. The third-order valence-corrected chi connectivity index (χ3v) is 6.42. The van der Waals surface area contributed by atoms with E-state index in [0.29, 0.717) is 32.5 Å². The number of thioether (sulfide) groups is 1. The van der Waals surface area contributed by atoms with Crippen LogP contribution in [0.2, 0.25) is 5.02 Å². The van der Waals surface area contributed by atoms with E-state index in [1.54, 1.807) is 36.4 Å². The molecule has 0 aliphatic rings. The van der Waals surface area contributed by atoms with Crippen molar-refractivity contribution in [2.75, 3.05) is 12.9 Å². The Kier molecular flexibility index (Phi) is 6.31. The number of phenolic OH excluding ortho intramolecular Hbond substituents is 2. The third-order valence-electron chi connectivity index (χ3n) is 5.08. The third kappa shape index (κ3) is 4.40. The maximum absolute atomic E-state index is 13.5. The van der Waals surface area contributed by atoms with Crippen molar-refractivity contribution in [3.8, 4) is 22.9 Å². The quantitative estimate of drug-likeness (QED) is 0.177. The molecule has 0 saturated heterocycles. The SMILES string of the molecule is COc1cc(Cl)c(C)cc1-n1c(SCC(=O)c2ccc(O)c(O)c2)nc2ccccc2c1=O. The number of para-hydroxylation sites is 1. The van der Waals surface area contributed by atoms with Crippen LogP contribution in [-0.2, 0) is 0 Å². The van der Waals surface area contributed by atoms with Gasteiger partial charge >= 0.3 is 0 Å². The van der Waals surface area contributed by atoms with Gasteiger partial charge in [-0.3, -0.25) is 14.2 Å². The largest absolute Gasteiger partial charge is 0.504 e. The number of aryl methyl sites for hydroxylation is 1. The summed E-state index contributed by atoms with van der Waals surface area (Å²) in [5, 5.41) is 20.4. The molecule has 4 rings (SSSR count). The molecule has 1 aromatic heterocycles. The number of halogens is 1. The summed E-state index contributed by atoms with van der Waals surface area (Å²) in [7, 11) is 1.48. The number of ether oxygens (including phenoxy) is 1. The van der Waals surface area contributed by atoms with Gasteiger partial charge in [-0.2, -0.15) is 0 Å².